The predicted molar refractivity (Wildman–Crippen MR) is 152 cm³/mol. The van der Waals surface area contributed by atoms with E-state index in [1.54, 1.807) is 32.0 Å². The van der Waals surface area contributed by atoms with E-state index in [0.29, 0.717) is 21.7 Å². The third-order valence-corrected chi connectivity index (χ3v) is 8.18. The Bertz CT molecular complexity index is 1560. The molecule has 4 rings (SSSR count). The van der Waals surface area contributed by atoms with Gasteiger partial charge >= 0.3 is 18.1 Å². The summed E-state index contributed by atoms with van der Waals surface area (Å²) in [6.07, 6.45) is -5.21. The number of aromatic nitrogens is 2. The minimum Gasteiger partial charge on any atom is -0.493 e. The molecule has 11 nitrogen and oxygen atoms in total. The standard InChI is InChI=1S/C27H28ClF3N4O7S/c1-6-41-25(37)18-12(3)21(26(38)42-7-2)43-24(18)33-23(36)20-19(28)22-32-14(11-17(27(29,30)31)35(22)34-20)13-8-9-15(39-4)16(10-13)40-5/h8-10,14,17,32H,6-7,11H2,1-5H3,(H,33,36)/t14-,17+/m0/s1. The normalized spacial score (nSPS) is 16.1. The highest BCUT2D eigenvalue weighted by molar-refractivity contribution is 7.18. The Hall–Kier alpha value is -3.98. The van der Waals surface area contributed by atoms with Crippen LogP contribution in [0.25, 0.3) is 0 Å². The summed E-state index contributed by atoms with van der Waals surface area (Å²) in [6.45, 7) is 4.76. The molecule has 0 bridgehead atoms. The smallest absolute Gasteiger partial charge is 0.410 e. The molecule has 0 spiro atoms. The molecule has 1 aliphatic heterocycles. The first-order chi connectivity index (χ1) is 20.4. The Labute approximate surface area is 253 Å². The van der Waals surface area contributed by atoms with Crippen LogP contribution in [0.2, 0.25) is 5.02 Å². The van der Waals surface area contributed by atoms with E-state index >= 15 is 0 Å². The van der Waals surface area contributed by atoms with E-state index in [2.05, 4.69) is 15.7 Å². The van der Waals surface area contributed by atoms with Gasteiger partial charge in [0.1, 0.15) is 20.7 Å². The van der Waals surface area contributed by atoms with E-state index in [4.69, 9.17) is 30.5 Å². The number of carbonyl (C=O) groups is 3. The minimum absolute atomic E-state index is 0.0155. The number of esters is 2. The van der Waals surface area contributed by atoms with Gasteiger partial charge in [0.15, 0.2) is 23.2 Å². The van der Waals surface area contributed by atoms with Crippen LogP contribution in [-0.2, 0) is 9.47 Å². The zero-order valence-corrected chi connectivity index (χ0v) is 25.3. The maximum absolute atomic E-state index is 14.3. The highest BCUT2D eigenvalue weighted by Crippen LogP contribution is 2.47. The zero-order chi connectivity index (χ0) is 31.6. The molecule has 2 atom stereocenters. The Morgan fingerprint density at radius 2 is 1.77 bits per heavy atom. The third-order valence-electron chi connectivity index (χ3n) is 6.63. The monoisotopic (exact) mass is 644 g/mol. The second kappa shape index (κ2) is 12.7. The van der Waals surface area contributed by atoms with Gasteiger partial charge in [0.05, 0.1) is 39.0 Å². The van der Waals surface area contributed by atoms with Crippen LogP contribution in [0.5, 0.6) is 11.5 Å². The molecule has 16 heteroatoms. The lowest BCUT2D eigenvalue weighted by Crippen LogP contribution is -2.35. The quantitative estimate of drug-likeness (QED) is 0.262. The van der Waals surface area contributed by atoms with Gasteiger partial charge in [-0.25, -0.2) is 14.3 Å². The average Bonchev–Trinajstić information content (AvgIpc) is 3.47. The van der Waals surface area contributed by atoms with Crippen molar-refractivity contribution < 1.29 is 46.5 Å². The molecule has 1 amide bonds. The van der Waals surface area contributed by atoms with Crippen molar-refractivity contribution in [3.63, 3.8) is 0 Å². The van der Waals surface area contributed by atoms with Crippen molar-refractivity contribution in [3.8, 4) is 11.5 Å². The highest BCUT2D eigenvalue weighted by Gasteiger charge is 2.48. The van der Waals surface area contributed by atoms with Crippen molar-refractivity contribution in [1.29, 1.82) is 0 Å². The first-order valence-electron chi connectivity index (χ1n) is 13.0. The van der Waals surface area contributed by atoms with Gasteiger partial charge in [0.25, 0.3) is 5.91 Å². The van der Waals surface area contributed by atoms with E-state index in [9.17, 15) is 27.6 Å². The number of anilines is 2. The van der Waals surface area contributed by atoms with Crippen LogP contribution in [0, 0.1) is 6.92 Å². The van der Waals surface area contributed by atoms with Crippen molar-refractivity contribution in [2.24, 2.45) is 0 Å². The average molecular weight is 645 g/mol. The molecule has 2 aromatic heterocycles. The number of amides is 1. The van der Waals surface area contributed by atoms with Gasteiger partial charge in [-0.15, -0.1) is 11.3 Å². The summed E-state index contributed by atoms with van der Waals surface area (Å²) in [7, 11) is 2.84. The number of hydrogen-bond acceptors (Lipinski definition) is 10. The minimum atomic E-state index is -4.74. The third kappa shape index (κ3) is 6.22. The molecule has 0 aliphatic carbocycles. The molecule has 1 aromatic carbocycles. The van der Waals surface area contributed by atoms with Crippen molar-refractivity contribution >= 4 is 51.6 Å². The number of fused-ring (bicyclic) bond motifs is 1. The van der Waals surface area contributed by atoms with Crippen LogP contribution < -0.4 is 20.1 Å². The van der Waals surface area contributed by atoms with E-state index in [-0.39, 0.29) is 45.1 Å². The number of methoxy groups -OCH3 is 2. The Morgan fingerprint density at radius 3 is 2.37 bits per heavy atom. The molecule has 0 saturated carbocycles. The first-order valence-corrected chi connectivity index (χ1v) is 14.2. The number of nitrogens with one attached hydrogen (secondary N) is 2. The molecule has 0 saturated heterocycles. The van der Waals surface area contributed by atoms with E-state index in [0.717, 1.165) is 11.3 Å². The van der Waals surface area contributed by atoms with Gasteiger partial charge < -0.3 is 29.6 Å². The number of hydrogen-bond donors (Lipinski definition) is 2. The molecular formula is C27H28ClF3N4O7S. The maximum atomic E-state index is 14.3. The molecule has 0 radical (unpaired) electrons. The fraction of sp³-hybridized carbons (Fsp3) is 0.407. The number of benzene rings is 1. The number of thiophene rings is 1. The lowest BCUT2D eigenvalue weighted by molar-refractivity contribution is -0.173. The number of ether oxygens (including phenoxy) is 4. The number of nitrogens with zero attached hydrogens (tertiary/aromatic N) is 2. The molecule has 3 aromatic rings. The predicted octanol–water partition coefficient (Wildman–Crippen LogP) is 6.19. The van der Waals surface area contributed by atoms with Crippen molar-refractivity contribution in [2.45, 2.75) is 45.5 Å². The summed E-state index contributed by atoms with van der Waals surface area (Å²) in [5.41, 5.74) is 0.0538. The summed E-state index contributed by atoms with van der Waals surface area (Å²) in [5.74, 6) is -2.03. The zero-order valence-electron chi connectivity index (χ0n) is 23.7. The van der Waals surface area contributed by atoms with Gasteiger partial charge in [-0.1, -0.05) is 17.7 Å². The van der Waals surface area contributed by atoms with Crippen LogP contribution in [-0.4, -0.2) is 61.2 Å². The maximum Gasteiger partial charge on any atom is 0.410 e. The molecular weight excluding hydrogens is 617 g/mol. The molecule has 0 fully saturated rings. The lowest BCUT2D eigenvalue weighted by atomic mass is 9.96. The van der Waals surface area contributed by atoms with Gasteiger partial charge in [-0.05, 0) is 44.0 Å². The Balaban J connectivity index is 1.73. The van der Waals surface area contributed by atoms with Crippen LogP contribution in [0.1, 0.15) is 74.0 Å². The molecule has 43 heavy (non-hydrogen) atoms. The van der Waals surface area contributed by atoms with Crippen molar-refractivity contribution in [1.82, 2.24) is 9.78 Å². The van der Waals surface area contributed by atoms with Gasteiger partial charge in [-0.2, -0.15) is 18.3 Å². The topological polar surface area (TPSA) is 130 Å². The fourth-order valence-corrected chi connectivity index (χ4v) is 5.98. The second-order valence-corrected chi connectivity index (χ2v) is 10.6. The summed E-state index contributed by atoms with van der Waals surface area (Å²) in [4.78, 5) is 38.6. The molecule has 2 N–H and O–H groups in total. The molecule has 3 heterocycles. The van der Waals surface area contributed by atoms with Gasteiger partial charge in [0, 0.05) is 6.42 Å². The summed E-state index contributed by atoms with van der Waals surface area (Å²) >= 11 is 7.24. The number of rotatable bonds is 9. The van der Waals surface area contributed by atoms with Crippen LogP contribution in [0.3, 0.4) is 0 Å². The second-order valence-electron chi connectivity index (χ2n) is 9.22. The lowest BCUT2D eigenvalue weighted by Gasteiger charge is -2.33. The van der Waals surface area contributed by atoms with Crippen LogP contribution in [0.15, 0.2) is 18.2 Å². The number of halogens is 4. The Morgan fingerprint density at radius 1 is 1.12 bits per heavy atom. The first kappa shape index (κ1) is 31.9. The summed E-state index contributed by atoms with van der Waals surface area (Å²) in [5, 5.41) is 8.92. The van der Waals surface area contributed by atoms with Crippen molar-refractivity contribution in [2.75, 3.05) is 38.1 Å². The van der Waals surface area contributed by atoms with Gasteiger partial charge in [0.2, 0.25) is 0 Å². The molecule has 1 aliphatic rings. The van der Waals surface area contributed by atoms with Crippen molar-refractivity contribution in [3.05, 3.63) is 50.5 Å². The van der Waals surface area contributed by atoms with E-state index in [1.807, 2.05) is 0 Å². The number of carbonyl (C=O) groups excluding carboxylic acids is 3. The number of alkyl halides is 3. The van der Waals surface area contributed by atoms with Gasteiger partial charge in [-0.3, -0.25) is 4.79 Å². The Kier molecular flexibility index (Phi) is 9.44. The molecule has 0 unspecified atom stereocenters. The van der Waals surface area contributed by atoms with E-state index in [1.165, 1.54) is 21.1 Å². The van der Waals surface area contributed by atoms with Crippen LogP contribution >= 0.6 is 22.9 Å². The highest BCUT2D eigenvalue weighted by atomic mass is 35.5. The largest absolute Gasteiger partial charge is 0.493 e. The van der Waals surface area contributed by atoms with Crippen LogP contribution in [0.4, 0.5) is 24.0 Å². The summed E-state index contributed by atoms with van der Waals surface area (Å²) < 4.78 is 64.1. The summed E-state index contributed by atoms with van der Waals surface area (Å²) in [6, 6.07) is 1.70. The molecule has 232 valence electrons. The van der Waals surface area contributed by atoms with E-state index < -0.39 is 48.2 Å². The SMILES string of the molecule is CCOC(=O)c1sc(NC(=O)c2nn3c(c2Cl)N[C@H](c2ccc(OC)c(OC)c2)C[C@@H]3C(F)(F)F)c(C(=O)OCC)c1C. The fourth-order valence-electron chi connectivity index (χ4n) is 4.63.